The van der Waals surface area contributed by atoms with Crippen LogP contribution in [0, 0.1) is 0 Å². The highest BCUT2D eigenvalue weighted by Crippen LogP contribution is 2.23. The zero-order valence-electron chi connectivity index (χ0n) is 13.7. The van der Waals surface area contributed by atoms with Crippen molar-refractivity contribution in [3.63, 3.8) is 0 Å². The fraction of sp³-hybridized carbons (Fsp3) is 0.688. The summed E-state index contributed by atoms with van der Waals surface area (Å²) in [5.41, 5.74) is 0.777. The first kappa shape index (κ1) is 15.9. The molecule has 0 bridgehead atoms. The molecule has 0 radical (unpaired) electrons. The Bertz CT molecular complexity index is 464. The average Bonchev–Trinajstić information content (AvgIpc) is 2.89. The van der Waals surface area contributed by atoms with Gasteiger partial charge in [-0.15, -0.1) is 0 Å². The Morgan fingerprint density at radius 1 is 1.43 bits per heavy atom. The zero-order chi connectivity index (χ0) is 15.6. The molecule has 1 aromatic heterocycles. The summed E-state index contributed by atoms with van der Waals surface area (Å²) in [5, 5.41) is 0. The van der Waals surface area contributed by atoms with Crippen LogP contribution in [0.5, 0.6) is 0 Å². The molecule has 21 heavy (non-hydrogen) atoms. The van der Waals surface area contributed by atoms with Crippen molar-refractivity contribution in [2.24, 2.45) is 0 Å². The standard InChI is InChI=1S/C16H27N3O2/c1-12-11-18(13(2)14-7-6-8-17-14)9-10-19(12)15(20)21-16(3,4)5/h6-8,12-13,17H,9-11H2,1-5H3/t12-,13-/m0/s1. The van der Waals surface area contributed by atoms with E-state index in [4.69, 9.17) is 4.74 Å². The van der Waals surface area contributed by atoms with Crippen LogP contribution in [0.3, 0.4) is 0 Å². The highest BCUT2D eigenvalue weighted by Gasteiger charge is 2.32. The van der Waals surface area contributed by atoms with E-state index in [2.05, 4.69) is 29.8 Å². The van der Waals surface area contributed by atoms with Crippen LogP contribution in [-0.4, -0.2) is 52.2 Å². The normalized spacial score (nSPS) is 22.1. The van der Waals surface area contributed by atoms with Crippen LogP contribution in [0.4, 0.5) is 4.79 Å². The Labute approximate surface area is 127 Å². The molecule has 5 heteroatoms. The van der Waals surface area contributed by atoms with Crippen molar-refractivity contribution in [1.82, 2.24) is 14.8 Å². The molecular formula is C16H27N3O2. The third-order valence-electron chi connectivity index (χ3n) is 3.91. The molecule has 1 saturated heterocycles. The second kappa shape index (κ2) is 6.10. The van der Waals surface area contributed by atoms with E-state index in [0.29, 0.717) is 12.6 Å². The van der Waals surface area contributed by atoms with Gasteiger partial charge in [0.05, 0.1) is 0 Å². The van der Waals surface area contributed by atoms with Crippen LogP contribution < -0.4 is 0 Å². The largest absolute Gasteiger partial charge is 0.444 e. The molecule has 1 N–H and O–H groups in total. The predicted octanol–water partition coefficient (Wildman–Crippen LogP) is 3.02. The van der Waals surface area contributed by atoms with Gasteiger partial charge in [0.25, 0.3) is 0 Å². The second-order valence-electron chi connectivity index (χ2n) is 6.82. The van der Waals surface area contributed by atoms with Gasteiger partial charge in [0.1, 0.15) is 5.60 Å². The van der Waals surface area contributed by atoms with E-state index in [-0.39, 0.29) is 12.1 Å². The monoisotopic (exact) mass is 293 g/mol. The Balaban J connectivity index is 1.94. The van der Waals surface area contributed by atoms with E-state index in [0.717, 1.165) is 13.1 Å². The number of carbonyl (C=O) groups is 1. The van der Waals surface area contributed by atoms with Gasteiger partial charge in [0.2, 0.25) is 0 Å². The van der Waals surface area contributed by atoms with Gasteiger partial charge in [0, 0.05) is 43.6 Å². The van der Waals surface area contributed by atoms with Crippen LogP contribution in [-0.2, 0) is 4.74 Å². The topological polar surface area (TPSA) is 48.6 Å². The van der Waals surface area contributed by atoms with Crippen LogP contribution in [0.1, 0.15) is 46.4 Å². The van der Waals surface area contributed by atoms with Crippen molar-refractivity contribution in [2.45, 2.75) is 52.3 Å². The first-order chi connectivity index (χ1) is 9.78. The summed E-state index contributed by atoms with van der Waals surface area (Å²) in [4.78, 5) is 19.7. The first-order valence-electron chi connectivity index (χ1n) is 7.65. The number of aromatic nitrogens is 1. The molecule has 0 spiro atoms. The summed E-state index contributed by atoms with van der Waals surface area (Å²) in [5.74, 6) is 0. The number of hydrogen-bond acceptors (Lipinski definition) is 3. The smallest absolute Gasteiger partial charge is 0.410 e. The summed E-state index contributed by atoms with van der Waals surface area (Å²) < 4.78 is 5.48. The molecule has 0 aromatic carbocycles. The fourth-order valence-electron chi connectivity index (χ4n) is 2.73. The number of rotatable bonds is 2. The van der Waals surface area contributed by atoms with Crippen molar-refractivity contribution in [3.05, 3.63) is 24.0 Å². The van der Waals surface area contributed by atoms with Crippen LogP contribution in [0.2, 0.25) is 0 Å². The number of nitrogens with one attached hydrogen (secondary N) is 1. The van der Waals surface area contributed by atoms with Gasteiger partial charge in [-0.05, 0) is 46.8 Å². The van der Waals surface area contributed by atoms with Gasteiger partial charge in [-0.1, -0.05) is 0 Å². The number of ether oxygens (including phenoxy) is 1. The van der Waals surface area contributed by atoms with E-state index >= 15 is 0 Å². The van der Waals surface area contributed by atoms with Crippen LogP contribution in [0.25, 0.3) is 0 Å². The number of aromatic amines is 1. The lowest BCUT2D eigenvalue weighted by Crippen LogP contribution is -2.55. The number of nitrogens with zero attached hydrogens (tertiary/aromatic N) is 2. The Morgan fingerprint density at radius 2 is 2.14 bits per heavy atom. The molecule has 2 atom stereocenters. The molecule has 2 rings (SSSR count). The molecule has 118 valence electrons. The van der Waals surface area contributed by atoms with Crippen LogP contribution in [0.15, 0.2) is 18.3 Å². The Kier molecular flexibility index (Phi) is 4.61. The van der Waals surface area contributed by atoms with E-state index < -0.39 is 5.60 Å². The molecule has 2 heterocycles. The SMILES string of the molecule is C[C@@H](c1ccc[nH]1)N1CCN(C(=O)OC(C)(C)C)[C@@H](C)C1. The molecule has 0 unspecified atom stereocenters. The lowest BCUT2D eigenvalue weighted by molar-refractivity contribution is -0.00368. The first-order valence-corrected chi connectivity index (χ1v) is 7.65. The van der Waals surface area contributed by atoms with E-state index in [9.17, 15) is 4.79 Å². The third kappa shape index (κ3) is 4.00. The maximum atomic E-state index is 12.2. The Hall–Kier alpha value is -1.49. The van der Waals surface area contributed by atoms with Crippen molar-refractivity contribution in [2.75, 3.05) is 19.6 Å². The molecule has 0 aliphatic carbocycles. The molecule has 1 amide bonds. The van der Waals surface area contributed by atoms with Gasteiger partial charge in [0.15, 0.2) is 0 Å². The third-order valence-corrected chi connectivity index (χ3v) is 3.91. The van der Waals surface area contributed by atoms with Crippen molar-refractivity contribution in [1.29, 1.82) is 0 Å². The van der Waals surface area contributed by atoms with Crippen molar-refractivity contribution in [3.8, 4) is 0 Å². The summed E-state index contributed by atoms with van der Waals surface area (Å²) in [7, 11) is 0. The summed E-state index contributed by atoms with van der Waals surface area (Å²) in [6, 6.07) is 4.62. The average molecular weight is 293 g/mol. The van der Waals surface area contributed by atoms with Crippen molar-refractivity contribution < 1.29 is 9.53 Å². The molecule has 1 fully saturated rings. The van der Waals surface area contributed by atoms with Gasteiger partial charge >= 0.3 is 6.09 Å². The van der Waals surface area contributed by atoms with Crippen molar-refractivity contribution >= 4 is 6.09 Å². The number of carbonyl (C=O) groups excluding carboxylic acids is 1. The Morgan fingerprint density at radius 3 is 2.67 bits per heavy atom. The van der Waals surface area contributed by atoms with Gasteiger partial charge in [-0.25, -0.2) is 4.79 Å². The van der Waals surface area contributed by atoms with E-state index in [1.807, 2.05) is 37.9 Å². The maximum Gasteiger partial charge on any atom is 0.410 e. The number of H-pyrrole nitrogens is 1. The highest BCUT2D eigenvalue weighted by atomic mass is 16.6. The molecular weight excluding hydrogens is 266 g/mol. The molecule has 1 aliphatic rings. The maximum absolute atomic E-state index is 12.2. The molecule has 5 nitrogen and oxygen atoms in total. The molecule has 1 aliphatic heterocycles. The predicted molar refractivity (Wildman–Crippen MR) is 83.2 cm³/mol. The van der Waals surface area contributed by atoms with Gasteiger partial charge < -0.3 is 14.6 Å². The lowest BCUT2D eigenvalue weighted by atomic mass is 10.1. The second-order valence-corrected chi connectivity index (χ2v) is 6.82. The minimum absolute atomic E-state index is 0.158. The lowest BCUT2D eigenvalue weighted by Gasteiger charge is -2.42. The summed E-state index contributed by atoms with van der Waals surface area (Å²) in [6.07, 6.45) is 1.74. The van der Waals surface area contributed by atoms with Gasteiger partial charge in [-0.3, -0.25) is 4.90 Å². The highest BCUT2D eigenvalue weighted by molar-refractivity contribution is 5.68. The van der Waals surface area contributed by atoms with Crippen LogP contribution >= 0.6 is 0 Å². The van der Waals surface area contributed by atoms with Gasteiger partial charge in [-0.2, -0.15) is 0 Å². The number of hydrogen-bond donors (Lipinski definition) is 1. The summed E-state index contributed by atoms with van der Waals surface area (Å²) >= 11 is 0. The van der Waals surface area contributed by atoms with E-state index in [1.165, 1.54) is 5.69 Å². The quantitative estimate of drug-likeness (QED) is 0.912. The minimum atomic E-state index is -0.439. The molecule has 1 aromatic rings. The minimum Gasteiger partial charge on any atom is -0.444 e. The number of piperazine rings is 1. The molecule has 0 saturated carbocycles. The number of amides is 1. The fourth-order valence-corrected chi connectivity index (χ4v) is 2.73. The summed E-state index contributed by atoms with van der Waals surface area (Å²) in [6.45, 7) is 12.4. The zero-order valence-corrected chi connectivity index (χ0v) is 13.7. The van der Waals surface area contributed by atoms with E-state index in [1.54, 1.807) is 0 Å².